The molecule has 1 aliphatic rings. The van der Waals surface area contributed by atoms with Gasteiger partial charge in [0, 0.05) is 44.0 Å². The van der Waals surface area contributed by atoms with Crippen LogP contribution in [0.1, 0.15) is 22.6 Å². The molecule has 1 atom stereocenters. The molecule has 1 saturated heterocycles. The number of imidazole rings is 1. The van der Waals surface area contributed by atoms with Gasteiger partial charge in [0.15, 0.2) is 5.78 Å². The van der Waals surface area contributed by atoms with Crippen LogP contribution in [0.15, 0.2) is 42.7 Å². The topological polar surface area (TPSA) is 47.4 Å². The molecule has 2 aromatic rings. The van der Waals surface area contributed by atoms with Crippen molar-refractivity contribution < 1.29 is 9.53 Å². The number of rotatable bonds is 5. The number of benzene rings is 1. The summed E-state index contributed by atoms with van der Waals surface area (Å²) in [5.41, 5.74) is 0.769. The van der Waals surface area contributed by atoms with Crippen LogP contribution in [0.5, 0.6) is 0 Å². The Balaban J connectivity index is 1.67. The number of Topliss-reactive ketones (excluding diaryl/α,β-unsaturated/α-hetero) is 1. The third-order valence-electron chi connectivity index (χ3n) is 4.13. The first-order chi connectivity index (χ1) is 10.7. The molecule has 22 heavy (non-hydrogen) atoms. The predicted molar refractivity (Wildman–Crippen MR) is 83.6 cm³/mol. The Morgan fingerprint density at radius 3 is 2.91 bits per heavy atom. The van der Waals surface area contributed by atoms with Gasteiger partial charge in [0.2, 0.25) is 0 Å². The highest BCUT2D eigenvalue weighted by molar-refractivity contribution is 5.96. The van der Waals surface area contributed by atoms with Crippen molar-refractivity contribution in [2.75, 3.05) is 19.8 Å². The van der Waals surface area contributed by atoms with Gasteiger partial charge in [-0.15, -0.1) is 0 Å². The minimum Gasteiger partial charge on any atom is -0.378 e. The minimum absolute atomic E-state index is 0.109. The molecular weight excluding hydrogens is 278 g/mol. The molecule has 0 bridgehead atoms. The smallest absolute Gasteiger partial charge is 0.164 e. The van der Waals surface area contributed by atoms with Crippen molar-refractivity contribution in [1.29, 1.82) is 0 Å². The van der Waals surface area contributed by atoms with Gasteiger partial charge in [0.05, 0.1) is 19.8 Å². The van der Waals surface area contributed by atoms with E-state index in [4.69, 9.17) is 4.74 Å². The SMILES string of the molecule is Cn1ccnc1CN1CCOC[C@@H]1CC(=O)c1ccccc1. The molecule has 116 valence electrons. The van der Waals surface area contributed by atoms with Crippen molar-refractivity contribution in [1.82, 2.24) is 14.5 Å². The Morgan fingerprint density at radius 2 is 2.18 bits per heavy atom. The van der Waals surface area contributed by atoms with Gasteiger partial charge in [0.25, 0.3) is 0 Å². The number of carbonyl (C=O) groups is 1. The van der Waals surface area contributed by atoms with E-state index in [1.54, 1.807) is 6.20 Å². The molecule has 0 saturated carbocycles. The van der Waals surface area contributed by atoms with Crippen molar-refractivity contribution in [3.63, 3.8) is 0 Å². The van der Waals surface area contributed by atoms with Crippen molar-refractivity contribution in [2.24, 2.45) is 7.05 Å². The van der Waals surface area contributed by atoms with Crippen molar-refractivity contribution in [2.45, 2.75) is 19.0 Å². The van der Waals surface area contributed by atoms with Crippen molar-refractivity contribution >= 4 is 5.78 Å². The highest BCUT2D eigenvalue weighted by atomic mass is 16.5. The highest BCUT2D eigenvalue weighted by Crippen LogP contribution is 2.16. The van der Waals surface area contributed by atoms with E-state index in [-0.39, 0.29) is 11.8 Å². The average molecular weight is 299 g/mol. The molecule has 3 rings (SSSR count). The molecule has 0 N–H and O–H groups in total. The van der Waals surface area contributed by atoms with Gasteiger partial charge < -0.3 is 9.30 Å². The first-order valence-electron chi connectivity index (χ1n) is 7.60. The lowest BCUT2D eigenvalue weighted by Gasteiger charge is -2.35. The molecule has 0 spiro atoms. The third kappa shape index (κ3) is 3.43. The van der Waals surface area contributed by atoms with Crippen LogP contribution in [-0.4, -0.2) is 46.0 Å². The molecule has 0 amide bonds. The van der Waals surface area contributed by atoms with Gasteiger partial charge in [-0.05, 0) is 0 Å². The quantitative estimate of drug-likeness (QED) is 0.791. The van der Waals surface area contributed by atoms with Gasteiger partial charge in [-0.1, -0.05) is 30.3 Å². The molecule has 5 heteroatoms. The van der Waals surface area contributed by atoms with Crippen LogP contribution in [0.25, 0.3) is 0 Å². The van der Waals surface area contributed by atoms with Gasteiger partial charge in [-0.25, -0.2) is 4.98 Å². The lowest BCUT2D eigenvalue weighted by Crippen LogP contribution is -2.46. The summed E-state index contributed by atoms with van der Waals surface area (Å²) >= 11 is 0. The van der Waals surface area contributed by atoms with Crippen LogP contribution in [0.4, 0.5) is 0 Å². The van der Waals surface area contributed by atoms with E-state index < -0.39 is 0 Å². The Morgan fingerprint density at radius 1 is 1.36 bits per heavy atom. The fourth-order valence-corrected chi connectivity index (χ4v) is 2.77. The molecule has 2 heterocycles. The number of nitrogens with zero attached hydrogens (tertiary/aromatic N) is 3. The summed E-state index contributed by atoms with van der Waals surface area (Å²) in [5.74, 6) is 1.18. The van der Waals surface area contributed by atoms with Gasteiger partial charge in [-0.2, -0.15) is 0 Å². The fourth-order valence-electron chi connectivity index (χ4n) is 2.77. The van der Waals surface area contributed by atoms with Gasteiger partial charge in [0.1, 0.15) is 5.82 Å². The second-order valence-electron chi connectivity index (χ2n) is 5.65. The Bertz CT molecular complexity index is 624. The van der Waals surface area contributed by atoms with Crippen LogP contribution >= 0.6 is 0 Å². The number of ketones is 1. The number of hydrogen-bond acceptors (Lipinski definition) is 4. The van der Waals surface area contributed by atoms with Crippen LogP contribution < -0.4 is 0 Å². The van der Waals surface area contributed by atoms with Gasteiger partial charge in [-0.3, -0.25) is 9.69 Å². The standard InChI is InChI=1S/C17H21N3O2/c1-19-8-7-18-17(19)12-20-9-10-22-13-15(20)11-16(21)14-5-3-2-4-6-14/h2-8,15H,9-13H2,1H3/t15-/m0/s1. The summed E-state index contributed by atoms with van der Waals surface area (Å²) in [6.07, 6.45) is 4.23. The number of hydrogen-bond donors (Lipinski definition) is 0. The largest absolute Gasteiger partial charge is 0.378 e. The lowest BCUT2D eigenvalue weighted by atomic mass is 10.0. The van der Waals surface area contributed by atoms with Gasteiger partial charge >= 0.3 is 0 Å². The average Bonchev–Trinajstić information content (AvgIpc) is 2.95. The van der Waals surface area contributed by atoms with E-state index in [9.17, 15) is 4.79 Å². The first kappa shape index (κ1) is 14.9. The lowest BCUT2D eigenvalue weighted by molar-refractivity contribution is -0.0139. The number of carbonyl (C=O) groups excluding carboxylic acids is 1. The molecule has 0 radical (unpaired) electrons. The monoisotopic (exact) mass is 299 g/mol. The molecule has 1 aromatic carbocycles. The Hall–Kier alpha value is -1.98. The zero-order chi connectivity index (χ0) is 15.4. The minimum atomic E-state index is 0.109. The van der Waals surface area contributed by atoms with Crippen LogP contribution in [0, 0.1) is 0 Å². The molecule has 1 aliphatic heterocycles. The Labute approximate surface area is 130 Å². The van der Waals surface area contributed by atoms with E-state index in [1.165, 1.54) is 0 Å². The normalized spacial score (nSPS) is 19.2. The molecule has 0 aliphatic carbocycles. The number of aryl methyl sites for hydroxylation is 1. The number of ether oxygens (including phenoxy) is 1. The van der Waals surface area contributed by atoms with E-state index in [0.29, 0.717) is 19.6 Å². The van der Waals surface area contributed by atoms with E-state index >= 15 is 0 Å². The fraction of sp³-hybridized carbons (Fsp3) is 0.412. The molecule has 5 nitrogen and oxygen atoms in total. The number of aromatic nitrogens is 2. The zero-order valence-corrected chi connectivity index (χ0v) is 12.8. The zero-order valence-electron chi connectivity index (χ0n) is 12.8. The summed E-state index contributed by atoms with van der Waals surface area (Å²) < 4.78 is 7.60. The summed E-state index contributed by atoms with van der Waals surface area (Å²) in [6.45, 7) is 2.89. The predicted octanol–water partition coefficient (Wildman–Crippen LogP) is 1.89. The maximum atomic E-state index is 12.4. The molecule has 1 aromatic heterocycles. The summed E-state index contributed by atoms with van der Waals surface area (Å²) in [7, 11) is 1.99. The van der Waals surface area contributed by atoms with Crippen LogP contribution in [0.3, 0.4) is 0 Å². The van der Waals surface area contributed by atoms with E-state index in [1.807, 2.05) is 48.1 Å². The Kier molecular flexibility index (Phi) is 4.65. The highest BCUT2D eigenvalue weighted by Gasteiger charge is 2.26. The first-order valence-corrected chi connectivity index (χ1v) is 7.60. The van der Waals surface area contributed by atoms with Crippen molar-refractivity contribution in [3.8, 4) is 0 Å². The maximum Gasteiger partial charge on any atom is 0.164 e. The third-order valence-corrected chi connectivity index (χ3v) is 4.13. The summed E-state index contributed by atoms with van der Waals surface area (Å²) in [4.78, 5) is 19.1. The number of morpholine rings is 1. The summed E-state index contributed by atoms with van der Waals surface area (Å²) in [5, 5.41) is 0. The van der Waals surface area contributed by atoms with Crippen LogP contribution in [-0.2, 0) is 18.3 Å². The van der Waals surface area contributed by atoms with E-state index in [0.717, 1.165) is 24.5 Å². The second kappa shape index (κ2) is 6.85. The molecular formula is C17H21N3O2. The molecule has 1 fully saturated rings. The second-order valence-corrected chi connectivity index (χ2v) is 5.65. The van der Waals surface area contributed by atoms with E-state index in [2.05, 4.69) is 9.88 Å². The van der Waals surface area contributed by atoms with Crippen LogP contribution in [0.2, 0.25) is 0 Å². The molecule has 0 unspecified atom stereocenters. The maximum absolute atomic E-state index is 12.4. The van der Waals surface area contributed by atoms with Crippen molar-refractivity contribution in [3.05, 3.63) is 54.1 Å². The summed E-state index contributed by atoms with van der Waals surface area (Å²) in [6, 6.07) is 9.57.